The van der Waals surface area contributed by atoms with E-state index in [9.17, 15) is 29.5 Å². The zero-order valence-corrected chi connectivity index (χ0v) is 11.6. The van der Waals surface area contributed by atoms with Crippen molar-refractivity contribution in [1.82, 2.24) is 0 Å². The molecule has 0 heterocycles. The second-order valence-electron chi connectivity index (χ2n) is 4.44. The Bertz CT molecular complexity index is 548. The van der Waals surface area contributed by atoms with Crippen LogP contribution in [-0.2, 0) is 9.53 Å². The Morgan fingerprint density at radius 3 is 2.62 bits per heavy atom. The molecule has 116 valence electrons. The smallest absolute Gasteiger partial charge is 0.308 e. The van der Waals surface area contributed by atoms with Gasteiger partial charge in [0.25, 0.3) is 0 Å². The Morgan fingerprint density at radius 2 is 2.10 bits per heavy atom. The molecule has 7 nitrogen and oxygen atoms in total. The molecule has 0 fully saturated rings. The van der Waals surface area contributed by atoms with E-state index in [4.69, 9.17) is 0 Å². The van der Waals surface area contributed by atoms with Gasteiger partial charge in [0.1, 0.15) is 6.10 Å². The third-order valence-electron chi connectivity index (χ3n) is 2.90. The second kappa shape index (κ2) is 7.09. The average Bonchev–Trinajstić information content (AvgIpc) is 2.39. The minimum Gasteiger partial charge on any atom is -0.466 e. The van der Waals surface area contributed by atoms with E-state index in [1.807, 2.05) is 0 Å². The van der Waals surface area contributed by atoms with Gasteiger partial charge in [-0.1, -0.05) is 0 Å². The molecule has 2 unspecified atom stereocenters. The maximum absolute atomic E-state index is 13.6. The minimum absolute atomic E-state index is 0.0186. The number of rotatable bonds is 6. The van der Waals surface area contributed by atoms with Crippen LogP contribution in [0.25, 0.3) is 0 Å². The third kappa shape index (κ3) is 4.20. The number of nitro groups is 1. The van der Waals surface area contributed by atoms with Crippen molar-refractivity contribution in [3.05, 3.63) is 39.2 Å². The van der Waals surface area contributed by atoms with E-state index in [1.165, 1.54) is 6.92 Å². The van der Waals surface area contributed by atoms with E-state index in [0.29, 0.717) is 0 Å². The van der Waals surface area contributed by atoms with Crippen LogP contribution in [0.2, 0.25) is 0 Å². The molecule has 0 spiro atoms. The van der Waals surface area contributed by atoms with Crippen molar-refractivity contribution in [2.45, 2.75) is 32.5 Å². The van der Waals surface area contributed by atoms with Crippen LogP contribution in [0.4, 0.5) is 10.1 Å². The maximum Gasteiger partial charge on any atom is 0.308 e. The monoisotopic (exact) mass is 301 g/mol. The molecule has 0 aliphatic rings. The fourth-order valence-corrected chi connectivity index (χ4v) is 1.85. The van der Waals surface area contributed by atoms with E-state index < -0.39 is 41.0 Å². The van der Waals surface area contributed by atoms with Gasteiger partial charge in [0.15, 0.2) is 0 Å². The lowest BCUT2D eigenvalue weighted by molar-refractivity contribution is -0.387. The summed E-state index contributed by atoms with van der Waals surface area (Å²) in [5.74, 6) is -1.83. The highest BCUT2D eigenvalue weighted by atomic mass is 19.1. The summed E-state index contributed by atoms with van der Waals surface area (Å²) in [4.78, 5) is 20.9. The van der Waals surface area contributed by atoms with Gasteiger partial charge in [0.05, 0.1) is 24.1 Å². The summed E-state index contributed by atoms with van der Waals surface area (Å²) >= 11 is 0. The Hall–Kier alpha value is -2.06. The molecule has 1 aromatic carbocycles. The van der Waals surface area contributed by atoms with Gasteiger partial charge in [-0.25, -0.2) is 0 Å². The highest BCUT2D eigenvalue weighted by molar-refractivity contribution is 5.70. The largest absolute Gasteiger partial charge is 0.466 e. The maximum atomic E-state index is 13.6. The normalized spacial score (nSPS) is 13.6. The molecule has 8 heteroatoms. The number of aliphatic hydroxyl groups is 2. The van der Waals surface area contributed by atoms with E-state index in [1.54, 1.807) is 6.92 Å². The zero-order valence-electron chi connectivity index (χ0n) is 11.6. The molecule has 0 saturated carbocycles. The van der Waals surface area contributed by atoms with E-state index in [-0.39, 0.29) is 17.7 Å². The van der Waals surface area contributed by atoms with Crippen molar-refractivity contribution in [2.75, 3.05) is 6.61 Å². The van der Waals surface area contributed by atoms with Crippen LogP contribution in [0.3, 0.4) is 0 Å². The molecule has 0 bridgehead atoms. The first-order valence-corrected chi connectivity index (χ1v) is 6.24. The van der Waals surface area contributed by atoms with E-state index in [2.05, 4.69) is 4.74 Å². The SMILES string of the molecule is CCOC(=O)CC(O)C(O)c1cc(F)c([N+](=O)[O-])cc1C. The number of halogens is 1. The third-order valence-corrected chi connectivity index (χ3v) is 2.90. The number of hydrogen-bond acceptors (Lipinski definition) is 6. The Balaban J connectivity index is 2.97. The number of nitrogens with zero attached hydrogens (tertiary/aromatic N) is 1. The number of benzene rings is 1. The van der Waals surface area contributed by atoms with Crippen LogP contribution in [-0.4, -0.2) is 33.8 Å². The number of nitro benzene ring substituents is 1. The van der Waals surface area contributed by atoms with Crippen LogP contribution < -0.4 is 0 Å². The fraction of sp³-hybridized carbons (Fsp3) is 0.462. The zero-order chi connectivity index (χ0) is 16.2. The standard InChI is InChI=1S/C13H16FNO6/c1-3-21-12(17)6-11(16)13(18)8-5-9(14)10(15(19)20)4-7(8)2/h4-5,11,13,16,18H,3,6H2,1-2H3. The summed E-state index contributed by atoms with van der Waals surface area (Å²) < 4.78 is 18.2. The fourth-order valence-electron chi connectivity index (χ4n) is 1.85. The molecule has 2 atom stereocenters. The van der Waals surface area contributed by atoms with Crippen molar-refractivity contribution in [3.8, 4) is 0 Å². The van der Waals surface area contributed by atoms with Gasteiger partial charge in [-0.15, -0.1) is 0 Å². The van der Waals surface area contributed by atoms with Crippen molar-refractivity contribution < 1.29 is 29.1 Å². The molecular weight excluding hydrogens is 285 g/mol. The molecule has 1 rings (SSSR count). The van der Waals surface area contributed by atoms with Crippen molar-refractivity contribution in [2.24, 2.45) is 0 Å². The molecule has 0 radical (unpaired) electrons. The molecule has 0 aliphatic heterocycles. The Morgan fingerprint density at radius 1 is 1.48 bits per heavy atom. The van der Waals surface area contributed by atoms with Gasteiger partial charge in [-0.2, -0.15) is 4.39 Å². The molecule has 0 aromatic heterocycles. The lowest BCUT2D eigenvalue weighted by atomic mass is 9.97. The Labute approximate surface area is 120 Å². The molecule has 21 heavy (non-hydrogen) atoms. The average molecular weight is 301 g/mol. The van der Waals surface area contributed by atoms with Gasteiger partial charge in [-0.3, -0.25) is 14.9 Å². The molecule has 0 aliphatic carbocycles. The highest BCUT2D eigenvalue weighted by Crippen LogP contribution is 2.28. The first-order chi connectivity index (χ1) is 9.77. The van der Waals surface area contributed by atoms with Gasteiger partial charge in [0, 0.05) is 6.07 Å². The van der Waals surface area contributed by atoms with E-state index in [0.717, 1.165) is 12.1 Å². The summed E-state index contributed by atoms with van der Waals surface area (Å²) in [7, 11) is 0. The Kier molecular flexibility index (Phi) is 5.74. The quantitative estimate of drug-likeness (QED) is 0.467. The van der Waals surface area contributed by atoms with Gasteiger partial charge >= 0.3 is 11.7 Å². The summed E-state index contributed by atoms with van der Waals surface area (Å²) in [6, 6.07) is 1.75. The van der Waals surface area contributed by atoms with Crippen LogP contribution in [0.1, 0.15) is 30.6 Å². The summed E-state index contributed by atoms with van der Waals surface area (Å²) in [5, 5.41) is 30.3. The van der Waals surface area contributed by atoms with Gasteiger partial charge < -0.3 is 14.9 Å². The number of hydrogen-bond donors (Lipinski definition) is 2. The second-order valence-corrected chi connectivity index (χ2v) is 4.44. The lowest BCUT2D eigenvalue weighted by Crippen LogP contribution is -2.24. The van der Waals surface area contributed by atoms with E-state index >= 15 is 0 Å². The lowest BCUT2D eigenvalue weighted by Gasteiger charge is -2.19. The number of ether oxygens (including phenoxy) is 1. The number of esters is 1. The number of aryl methyl sites for hydroxylation is 1. The predicted molar refractivity (Wildman–Crippen MR) is 70.0 cm³/mol. The molecule has 2 N–H and O–H groups in total. The van der Waals surface area contributed by atoms with Crippen LogP contribution in [0, 0.1) is 22.9 Å². The topological polar surface area (TPSA) is 110 Å². The summed E-state index contributed by atoms with van der Waals surface area (Å²) in [6.07, 6.45) is -3.51. The first kappa shape index (κ1) is 17.0. The summed E-state index contributed by atoms with van der Waals surface area (Å²) in [5.41, 5.74) is -0.503. The first-order valence-electron chi connectivity index (χ1n) is 6.24. The van der Waals surface area contributed by atoms with Crippen molar-refractivity contribution in [3.63, 3.8) is 0 Å². The minimum atomic E-state index is -1.55. The highest BCUT2D eigenvalue weighted by Gasteiger charge is 2.26. The number of aliphatic hydroxyl groups excluding tert-OH is 2. The van der Waals surface area contributed by atoms with Crippen LogP contribution in [0.5, 0.6) is 0 Å². The molecule has 1 aromatic rings. The van der Waals surface area contributed by atoms with Crippen molar-refractivity contribution in [1.29, 1.82) is 0 Å². The number of carbonyl (C=O) groups is 1. The predicted octanol–water partition coefficient (Wildman–Crippen LogP) is 1.39. The molecule has 0 amide bonds. The van der Waals surface area contributed by atoms with Gasteiger partial charge in [-0.05, 0) is 31.0 Å². The molecule has 0 saturated heterocycles. The number of carbonyl (C=O) groups excluding carboxylic acids is 1. The summed E-state index contributed by atoms with van der Waals surface area (Å²) in [6.45, 7) is 3.16. The van der Waals surface area contributed by atoms with Crippen LogP contribution >= 0.6 is 0 Å². The van der Waals surface area contributed by atoms with Crippen LogP contribution in [0.15, 0.2) is 12.1 Å². The molecular formula is C13H16FNO6. The van der Waals surface area contributed by atoms with Gasteiger partial charge in [0.2, 0.25) is 5.82 Å². The van der Waals surface area contributed by atoms with Crippen molar-refractivity contribution >= 4 is 11.7 Å².